The maximum atomic E-state index is 5.44. The van der Waals surface area contributed by atoms with Crippen molar-refractivity contribution in [2.24, 2.45) is 10.9 Å². The third-order valence-corrected chi connectivity index (χ3v) is 13.7. The summed E-state index contributed by atoms with van der Waals surface area (Å²) in [6.07, 6.45) is 9.61. The quantitative estimate of drug-likeness (QED) is 0.180. The second kappa shape index (κ2) is 13.3. The third kappa shape index (κ3) is 5.11. The first-order valence-corrected chi connectivity index (χ1v) is 21.5. The molecule has 1 heterocycles. The number of hydrogen-bond donors (Lipinski definition) is 1. The van der Waals surface area contributed by atoms with E-state index in [0.29, 0.717) is 0 Å². The van der Waals surface area contributed by atoms with E-state index in [1.807, 2.05) is 0 Å². The zero-order valence-corrected chi connectivity index (χ0v) is 33.8. The second-order valence-electron chi connectivity index (χ2n) is 17.0. The number of allylic oxidation sites excluding steroid dienone is 3. The lowest BCUT2D eigenvalue weighted by Crippen LogP contribution is -2.51. The van der Waals surface area contributed by atoms with Crippen LogP contribution in [0.5, 0.6) is 0 Å². The van der Waals surface area contributed by atoms with Gasteiger partial charge in [0.2, 0.25) is 0 Å². The van der Waals surface area contributed by atoms with Gasteiger partial charge >= 0.3 is 0 Å². The Hall–Kier alpha value is -7.33. The fourth-order valence-electron chi connectivity index (χ4n) is 11.0. The van der Waals surface area contributed by atoms with Crippen molar-refractivity contribution in [3.05, 3.63) is 205 Å². The van der Waals surface area contributed by atoms with E-state index in [9.17, 15) is 0 Å². The Morgan fingerprint density at radius 1 is 0.475 bits per heavy atom. The van der Waals surface area contributed by atoms with E-state index in [4.69, 9.17) is 4.99 Å². The van der Waals surface area contributed by atoms with Crippen molar-refractivity contribution in [2.45, 2.75) is 18.8 Å². The molecule has 1 aliphatic heterocycles. The molecule has 3 unspecified atom stereocenters. The van der Waals surface area contributed by atoms with Crippen molar-refractivity contribution in [2.75, 3.05) is 7.05 Å². The molecule has 0 saturated carbocycles. The molecule has 1 N–H and O–H groups in total. The standard InChI is InChI=1S/C58H41N3/c1-61-57(36-18-6-3-7-19-36)59-56(35-16-4-2-5-17-35)60-58(61)51-33-38-21-9-8-20-37(38)32-49(51)39-30-31-41-42-26-14-28-46-48-29-15-27-44-40-22-10-11-23-43(40)53(55(54(44)48)50(41)34-39)47-25-13-12-24-45(47)52(42)46/h2-16,18-35,56,58,60H,17H2,1H3. The van der Waals surface area contributed by atoms with Gasteiger partial charge in [0.25, 0.3) is 0 Å². The van der Waals surface area contributed by atoms with Crippen LogP contribution in [-0.2, 0) is 0 Å². The number of nitrogens with one attached hydrogen (secondary N) is 1. The minimum Gasteiger partial charge on any atom is -0.340 e. The average molecular weight is 780 g/mol. The molecule has 0 aromatic heterocycles. The highest BCUT2D eigenvalue weighted by atomic mass is 15.4. The first-order valence-electron chi connectivity index (χ1n) is 21.5. The number of hydrogen-bond acceptors (Lipinski definition) is 3. The van der Waals surface area contributed by atoms with Gasteiger partial charge in [-0.15, -0.1) is 0 Å². The minimum absolute atomic E-state index is 0.0960. The summed E-state index contributed by atoms with van der Waals surface area (Å²) in [5.41, 5.74) is 4.78. The lowest BCUT2D eigenvalue weighted by atomic mass is 9.83. The van der Waals surface area contributed by atoms with Crippen LogP contribution in [0.4, 0.5) is 0 Å². The third-order valence-electron chi connectivity index (χ3n) is 13.7. The molecule has 12 aromatic rings. The van der Waals surface area contributed by atoms with E-state index < -0.39 is 0 Å². The highest BCUT2D eigenvalue weighted by molar-refractivity contribution is 6.45. The Morgan fingerprint density at radius 3 is 1.70 bits per heavy atom. The smallest absolute Gasteiger partial charge is 0.133 e. The molecule has 288 valence electrons. The molecule has 3 atom stereocenters. The molecule has 3 nitrogen and oxygen atoms in total. The van der Waals surface area contributed by atoms with Gasteiger partial charge in [-0.1, -0.05) is 176 Å². The van der Waals surface area contributed by atoms with E-state index in [1.165, 1.54) is 103 Å². The van der Waals surface area contributed by atoms with Crippen LogP contribution in [-0.4, -0.2) is 23.9 Å². The summed E-state index contributed by atoms with van der Waals surface area (Å²) in [5, 5.41) is 24.7. The first kappa shape index (κ1) is 34.5. The number of aliphatic imine (C=N–C) groups is 1. The molecule has 2 aliphatic rings. The molecule has 1 aliphatic carbocycles. The van der Waals surface area contributed by atoms with Gasteiger partial charge in [-0.3, -0.25) is 5.32 Å². The number of nitrogens with zero attached hydrogens (tertiary/aromatic N) is 2. The second-order valence-corrected chi connectivity index (χ2v) is 17.0. The van der Waals surface area contributed by atoms with Crippen LogP contribution in [0.15, 0.2) is 199 Å². The van der Waals surface area contributed by atoms with Crippen molar-refractivity contribution in [3.63, 3.8) is 0 Å². The van der Waals surface area contributed by atoms with Crippen LogP contribution in [0.2, 0.25) is 0 Å². The van der Waals surface area contributed by atoms with Gasteiger partial charge in [0, 0.05) is 18.5 Å². The van der Waals surface area contributed by atoms with Gasteiger partial charge < -0.3 is 4.90 Å². The predicted molar refractivity (Wildman–Crippen MR) is 260 cm³/mol. The predicted octanol–water partition coefficient (Wildman–Crippen LogP) is 14.5. The van der Waals surface area contributed by atoms with Crippen molar-refractivity contribution in [1.82, 2.24) is 10.2 Å². The average Bonchev–Trinajstić information content (AvgIpc) is 3.32. The zero-order chi connectivity index (χ0) is 40.2. The molecule has 6 bridgehead atoms. The minimum atomic E-state index is -0.142. The first-order chi connectivity index (χ1) is 30.2. The summed E-state index contributed by atoms with van der Waals surface area (Å²) >= 11 is 0. The van der Waals surface area contributed by atoms with Crippen LogP contribution in [0.3, 0.4) is 0 Å². The number of fused-ring (bicyclic) bond motifs is 3. The molecular formula is C58H41N3. The van der Waals surface area contributed by atoms with E-state index >= 15 is 0 Å². The van der Waals surface area contributed by atoms with Crippen LogP contribution in [0, 0.1) is 5.92 Å². The van der Waals surface area contributed by atoms with Gasteiger partial charge in [-0.05, 0) is 127 Å². The van der Waals surface area contributed by atoms with Gasteiger partial charge in [0.05, 0.1) is 0 Å². The van der Waals surface area contributed by atoms with Crippen LogP contribution in [0.25, 0.3) is 97.3 Å². The molecule has 3 heteroatoms. The van der Waals surface area contributed by atoms with E-state index in [1.54, 1.807) is 0 Å². The molecule has 0 saturated heterocycles. The number of benzene rings is 9. The molecular weight excluding hydrogens is 739 g/mol. The van der Waals surface area contributed by atoms with E-state index in [2.05, 4.69) is 211 Å². The molecule has 14 rings (SSSR count). The van der Waals surface area contributed by atoms with E-state index in [0.717, 1.165) is 17.8 Å². The molecule has 0 radical (unpaired) electrons. The van der Waals surface area contributed by atoms with Crippen molar-refractivity contribution < 1.29 is 0 Å². The Morgan fingerprint density at radius 2 is 1.03 bits per heavy atom. The zero-order valence-electron chi connectivity index (χ0n) is 33.8. The summed E-state index contributed by atoms with van der Waals surface area (Å²) in [4.78, 5) is 7.79. The van der Waals surface area contributed by atoms with Crippen LogP contribution < -0.4 is 5.32 Å². The number of amidine groups is 1. The monoisotopic (exact) mass is 779 g/mol. The highest BCUT2D eigenvalue weighted by Gasteiger charge is 2.34. The van der Waals surface area contributed by atoms with Crippen LogP contribution >= 0.6 is 0 Å². The summed E-state index contributed by atoms with van der Waals surface area (Å²) in [5.74, 6) is 1.25. The largest absolute Gasteiger partial charge is 0.340 e. The number of rotatable bonds is 4. The highest BCUT2D eigenvalue weighted by Crippen LogP contribution is 2.49. The molecule has 0 fully saturated rings. The maximum Gasteiger partial charge on any atom is 0.133 e. The van der Waals surface area contributed by atoms with Crippen molar-refractivity contribution in [1.29, 1.82) is 0 Å². The van der Waals surface area contributed by atoms with Gasteiger partial charge in [-0.25, -0.2) is 4.99 Å². The summed E-state index contributed by atoms with van der Waals surface area (Å²) in [6, 6.07) is 63.7. The molecule has 0 amide bonds. The lowest BCUT2D eigenvalue weighted by molar-refractivity contribution is 0.231. The van der Waals surface area contributed by atoms with Gasteiger partial charge in [0.1, 0.15) is 18.2 Å². The molecule has 61 heavy (non-hydrogen) atoms. The van der Waals surface area contributed by atoms with Crippen LogP contribution in [0.1, 0.15) is 23.7 Å². The van der Waals surface area contributed by atoms with Crippen molar-refractivity contribution >= 4 is 92.0 Å². The molecule has 12 aromatic carbocycles. The topological polar surface area (TPSA) is 27.6 Å². The lowest BCUT2D eigenvalue weighted by Gasteiger charge is -2.41. The van der Waals surface area contributed by atoms with Gasteiger partial charge in [0.15, 0.2) is 0 Å². The summed E-state index contributed by atoms with van der Waals surface area (Å²) in [6.45, 7) is 0. The van der Waals surface area contributed by atoms with Crippen molar-refractivity contribution in [3.8, 4) is 11.1 Å². The van der Waals surface area contributed by atoms with E-state index in [-0.39, 0.29) is 18.2 Å². The Kier molecular flexibility index (Phi) is 7.55. The fourth-order valence-corrected chi connectivity index (χ4v) is 11.0. The Bertz CT molecular complexity index is 3690. The summed E-state index contributed by atoms with van der Waals surface area (Å²) < 4.78 is 0. The fraction of sp³-hybridized carbons (Fsp3) is 0.0862. The maximum absolute atomic E-state index is 5.44. The Balaban J connectivity index is 1.15. The normalized spacial score (nSPS) is 18.2. The summed E-state index contributed by atoms with van der Waals surface area (Å²) in [7, 11) is 2.20. The molecule has 0 spiro atoms. The SMILES string of the molecule is CN1C(c2ccccc2)=NC(C2C=CC=CC2)NC1c1cc2ccccc2cc1-c1ccc2c3cccc4c5cccc6c7ccccc7c(c7ccccc7c34)c(c2c1)c65. The Labute approximate surface area is 353 Å². The van der Waals surface area contributed by atoms with Gasteiger partial charge in [-0.2, -0.15) is 0 Å².